The van der Waals surface area contributed by atoms with Gasteiger partial charge in [-0.1, -0.05) is 109 Å². The highest BCUT2D eigenvalue weighted by Crippen LogP contribution is 2.48. The molecule has 0 amide bonds. The van der Waals surface area contributed by atoms with E-state index in [2.05, 4.69) is 133 Å². The first-order chi connectivity index (χ1) is 17.8. The summed E-state index contributed by atoms with van der Waals surface area (Å²) in [7, 11) is 0. The molecule has 0 heteroatoms. The monoisotopic (exact) mass is 454 g/mol. The maximum absolute atomic E-state index is 2.37. The van der Waals surface area contributed by atoms with Gasteiger partial charge in [-0.25, -0.2) is 0 Å². The van der Waals surface area contributed by atoms with Crippen molar-refractivity contribution in [2.75, 3.05) is 0 Å². The molecule has 1 aliphatic rings. The van der Waals surface area contributed by atoms with Crippen LogP contribution >= 0.6 is 0 Å². The minimum atomic E-state index is 1.25. The Morgan fingerprint density at radius 2 is 0.722 bits per heavy atom. The van der Waals surface area contributed by atoms with Crippen molar-refractivity contribution in [3.05, 3.63) is 133 Å². The fourth-order valence-corrected chi connectivity index (χ4v) is 5.95. The van der Waals surface area contributed by atoms with Crippen molar-refractivity contribution < 1.29 is 0 Å². The molecule has 0 atom stereocenters. The van der Waals surface area contributed by atoms with Gasteiger partial charge in [0.2, 0.25) is 0 Å². The SMILES string of the molecule is c1ccc2cc(-c3ccc4cc(-c5ccc6c(c5)-c5cccc7cccc-6c57)ccc4c3)ccc2c1. The van der Waals surface area contributed by atoms with Crippen molar-refractivity contribution in [2.24, 2.45) is 0 Å². The van der Waals surface area contributed by atoms with Gasteiger partial charge in [-0.2, -0.15) is 0 Å². The normalized spacial score (nSPS) is 11.9. The molecule has 0 saturated heterocycles. The second kappa shape index (κ2) is 7.41. The summed E-state index contributed by atoms with van der Waals surface area (Å²) in [5.74, 6) is 0. The van der Waals surface area contributed by atoms with Crippen molar-refractivity contribution in [3.8, 4) is 44.5 Å². The van der Waals surface area contributed by atoms with Crippen LogP contribution < -0.4 is 0 Å². The summed E-state index contributed by atoms with van der Waals surface area (Å²) in [5, 5.41) is 7.79. The molecule has 0 aliphatic heterocycles. The van der Waals surface area contributed by atoms with E-state index in [-0.39, 0.29) is 0 Å². The lowest BCUT2D eigenvalue weighted by atomic mass is 9.94. The van der Waals surface area contributed by atoms with Crippen LogP contribution in [-0.2, 0) is 0 Å². The first-order valence-corrected chi connectivity index (χ1v) is 12.5. The van der Waals surface area contributed by atoms with E-state index in [9.17, 15) is 0 Å². The summed E-state index contributed by atoms with van der Waals surface area (Å²) in [4.78, 5) is 0. The Kier molecular flexibility index (Phi) is 4.03. The van der Waals surface area contributed by atoms with Crippen molar-refractivity contribution in [1.82, 2.24) is 0 Å². The second-order valence-electron chi connectivity index (χ2n) is 9.81. The molecule has 0 bridgehead atoms. The van der Waals surface area contributed by atoms with E-state index < -0.39 is 0 Å². The summed E-state index contributed by atoms with van der Waals surface area (Å²) < 4.78 is 0. The van der Waals surface area contributed by atoms with Gasteiger partial charge < -0.3 is 0 Å². The Morgan fingerprint density at radius 1 is 0.250 bits per heavy atom. The summed E-state index contributed by atoms with van der Waals surface area (Å²) >= 11 is 0. The highest BCUT2D eigenvalue weighted by molar-refractivity contribution is 6.15. The largest absolute Gasteiger partial charge is 0.0616 e. The molecule has 0 unspecified atom stereocenters. The van der Waals surface area contributed by atoms with Gasteiger partial charge in [0.1, 0.15) is 0 Å². The van der Waals surface area contributed by atoms with Crippen LogP contribution in [0.15, 0.2) is 133 Å². The molecule has 0 radical (unpaired) electrons. The topological polar surface area (TPSA) is 0 Å². The number of hydrogen-bond acceptors (Lipinski definition) is 0. The Balaban J connectivity index is 1.20. The number of fused-ring (bicyclic) bond motifs is 5. The van der Waals surface area contributed by atoms with Crippen LogP contribution in [0.1, 0.15) is 0 Å². The average Bonchev–Trinajstić information content (AvgIpc) is 3.27. The fourth-order valence-electron chi connectivity index (χ4n) is 5.95. The standard InChI is InChI=1S/C36H22/c1-2-6-25-19-26(12-11-23(25)5-1)27-13-14-29-21-30(16-15-28(29)20-27)31-17-18-32-33-9-3-7-24-8-4-10-34(36(24)33)35(32)22-31/h1-22H. The van der Waals surface area contributed by atoms with Gasteiger partial charge in [-0.15, -0.1) is 0 Å². The van der Waals surface area contributed by atoms with Gasteiger partial charge in [0.25, 0.3) is 0 Å². The molecule has 0 N–H and O–H groups in total. The highest BCUT2D eigenvalue weighted by Gasteiger charge is 2.21. The minimum absolute atomic E-state index is 1.25. The molecule has 7 aromatic rings. The zero-order chi connectivity index (χ0) is 23.6. The molecule has 0 fully saturated rings. The van der Waals surface area contributed by atoms with Crippen LogP contribution in [0.25, 0.3) is 76.8 Å². The van der Waals surface area contributed by atoms with Gasteiger partial charge in [-0.05, 0) is 101 Å². The van der Waals surface area contributed by atoms with Crippen LogP contribution in [0, 0.1) is 0 Å². The molecular weight excluding hydrogens is 432 g/mol. The Morgan fingerprint density at radius 3 is 1.39 bits per heavy atom. The fraction of sp³-hybridized carbons (Fsp3) is 0. The van der Waals surface area contributed by atoms with E-state index in [1.165, 1.54) is 76.8 Å². The molecule has 0 heterocycles. The van der Waals surface area contributed by atoms with Crippen LogP contribution in [0.2, 0.25) is 0 Å². The maximum Gasteiger partial charge on any atom is -0.00264 e. The van der Waals surface area contributed by atoms with Gasteiger partial charge in [0.05, 0.1) is 0 Å². The predicted octanol–water partition coefficient (Wildman–Crippen LogP) is 10.1. The zero-order valence-corrected chi connectivity index (χ0v) is 19.7. The highest BCUT2D eigenvalue weighted by atomic mass is 14.2. The summed E-state index contributed by atoms with van der Waals surface area (Å²) in [6.07, 6.45) is 0. The third-order valence-electron chi connectivity index (χ3n) is 7.76. The quantitative estimate of drug-likeness (QED) is 0.244. The first-order valence-electron chi connectivity index (χ1n) is 12.5. The molecule has 166 valence electrons. The lowest BCUT2D eigenvalue weighted by Gasteiger charge is -2.10. The number of rotatable bonds is 2. The molecule has 0 saturated carbocycles. The smallest absolute Gasteiger partial charge is 0.00264 e. The summed E-state index contributed by atoms with van der Waals surface area (Å²) in [6.45, 7) is 0. The molecule has 1 aliphatic carbocycles. The average molecular weight is 455 g/mol. The van der Waals surface area contributed by atoms with Crippen LogP contribution in [0.4, 0.5) is 0 Å². The minimum Gasteiger partial charge on any atom is -0.0616 e. The van der Waals surface area contributed by atoms with Crippen LogP contribution in [-0.4, -0.2) is 0 Å². The molecule has 36 heavy (non-hydrogen) atoms. The molecule has 7 aromatic carbocycles. The van der Waals surface area contributed by atoms with E-state index >= 15 is 0 Å². The Labute approximate surface area is 210 Å². The predicted molar refractivity (Wildman–Crippen MR) is 154 cm³/mol. The van der Waals surface area contributed by atoms with Crippen LogP contribution in [0.5, 0.6) is 0 Å². The molecule has 0 spiro atoms. The van der Waals surface area contributed by atoms with E-state index in [4.69, 9.17) is 0 Å². The van der Waals surface area contributed by atoms with E-state index in [0.29, 0.717) is 0 Å². The summed E-state index contributed by atoms with van der Waals surface area (Å²) in [5.41, 5.74) is 10.4. The van der Waals surface area contributed by atoms with Crippen molar-refractivity contribution in [1.29, 1.82) is 0 Å². The summed E-state index contributed by atoms with van der Waals surface area (Å²) in [6, 6.07) is 49.1. The van der Waals surface area contributed by atoms with E-state index in [1.807, 2.05) is 0 Å². The van der Waals surface area contributed by atoms with E-state index in [0.717, 1.165) is 0 Å². The first kappa shape index (κ1) is 19.6. The number of hydrogen-bond donors (Lipinski definition) is 0. The molecular formula is C36H22. The van der Waals surface area contributed by atoms with Crippen LogP contribution in [0.3, 0.4) is 0 Å². The van der Waals surface area contributed by atoms with E-state index in [1.54, 1.807) is 0 Å². The van der Waals surface area contributed by atoms with Crippen molar-refractivity contribution >= 4 is 32.3 Å². The molecule has 0 aromatic heterocycles. The van der Waals surface area contributed by atoms with Crippen molar-refractivity contribution in [3.63, 3.8) is 0 Å². The van der Waals surface area contributed by atoms with Gasteiger partial charge in [-0.3, -0.25) is 0 Å². The van der Waals surface area contributed by atoms with Gasteiger partial charge in [0.15, 0.2) is 0 Å². The lowest BCUT2D eigenvalue weighted by molar-refractivity contribution is 1.63. The third-order valence-corrected chi connectivity index (χ3v) is 7.76. The Hall–Kier alpha value is -4.68. The van der Waals surface area contributed by atoms with Crippen molar-refractivity contribution in [2.45, 2.75) is 0 Å². The molecule has 0 nitrogen and oxygen atoms in total. The zero-order valence-electron chi connectivity index (χ0n) is 19.7. The number of benzene rings is 7. The molecule has 8 rings (SSSR count). The third kappa shape index (κ3) is 2.88. The Bertz CT molecular complexity index is 1990. The van der Waals surface area contributed by atoms with Gasteiger partial charge in [0, 0.05) is 0 Å². The van der Waals surface area contributed by atoms with Gasteiger partial charge >= 0.3 is 0 Å². The lowest BCUT2D eigenvalue weighted by Crippen LogP contribution is -1.84. The second-order valence-corrected chi connectivity index (χ2v) is 9.81. The maximum atomic E-state index is 2.37.